The van der Waals surface area contributed by atoms with Gasteiger partial charge in [0.2, 0.25) is 0 Å². The molecular formula is C14H27F3N2O. The largest absolute Gasteiger partial charge is 0.411 e. The average molecular weight is 296 g/mol. The van der Waals surface area contributed by atoms with Crippen molar-refractivity contribution in [3.8, 4) is 0 Å². The van der Waals surface area contributed by atoms with E-state index < -0.39 is 12.8 Å². The average Bonchev–Trinajstić information content (AvgIpc) is 2.65. The number of halogens is 3. The van der Waals surface area contributed by atoms with Gasteiger partial charge >= 0.3 is 6.18 Å². The molecule has 0 amide bonds. The Bertz CT molecular complexity index is 241. The Morgan fingerprint density at radius 3 is 2.25 bits per heavy atom. The van der Waals surface area contributed by atoms with Gasteiger partial charge in [-0.05, 0) is 32.4 Å². The maximum atomic E-state index is 12.0. The fourth-order valence-corrected chi connectivity index (χ4v) is 2.76. The van der Waals surface area contributed by atoms with Crippen LogP contribution in [0.1, 0.15) is 44.9 Å². The van der Waals surface area contributed by atoms with Crippen molar-refractivity contribution in [2.75, 3.05) is 32.8 Å². The molecule has 0 saturated heterocycles. The number of alkyl halides is 3. The van der Waals surface area contributed by atoms with Crippen molar-refractivity contribution in [2.24, 2.45) is 5.73 Å². The summed E-state index contributed by atoms with van der Waals surface area (Å²) in [6, 6.07) is 0.485. The van der Waals surface area contributed by atoms with E-state index in [0.717, 1.165) is 25.8 Å². The predicted octanol–water partition coefficient (Wildman–Crippen LogP) is 2.94. The molecule has 0 aromatic heterocycles. The Balaban J connectivity index is 2.34. The van der Waals surface area contributed by atoms with Crippen LogP contribution in [-0.2, 0) is 4.74 Å². The van der Waals surface area contributed by atoms with E-state index in [2.05, 4.69) is 4.90 Å². The molecule has 0 spiro atoms. The van der Waals surface area contributed by atoms with Gasteiger partial charge in [0.15, 0.2) is 0 Å². The van der Waals surface area contributed by atoms with E-state index in [9.17, 15) is 13.2 Å². The lowest BCUT2D eigenvalue weighted by Crippen LogP contribution is -2.39. The van der Waals surface area contributed by atoms with Gasteiger partial charge in [0, 0.05) is 12.6 Å². The Kier molecular flexibility index (Phi) is 8.49. The molecule has 3 nitrogen and oxygen atoms in total. The second-order valence-corrected chi connectivity index (χ2v) is 5.49. The highest BCUT2D eigenvalue weighted by atomic mass is 19.4. The normalized spacial score (nSPS) is 18.4. The third-order valence-corrected chi connectivity index (χ3v) is 3.78. The van der Waals surface area contributed by atoms with Crippen LogP contribution in [0.15, 0.2) is 0 Å². The summed E-state index contributed by atoms with van der Waals surface area (Å²) in [5, 5.41) is 0. The second-order valence-electron chi connectivity index (χ2n) is 5.49. The van der Waals surface area contributed by atoms with Gasteiger partial charge in [0.05, 0.1) is 6.61 Å². The highest BCUT2D eigenvalue weighted by Gasteiger charge is 2.27. The minimum Gasteiger partial charge on any atom is -0.371 e. The summed E-state index contributed by atoms with van der Waals surface area (Å²) >= 11 is 0. The van der Waals surface area contributed by atoms with Crippen molar-refractivity contribution in [1.29, 1.82) is 0 Å². The summed E-state index contributed by atoms with van der Waals surface area (Å²) in [7, 11) is 0. The van der Waals surface area contributed by atoms with E-state index in [1.807, 2.05) is 0 Å². The first-order chi connectivity index (χ1) is 9.53. The molecule has 1 aliphatic carbocycles. The molecule has 6 heteroatoms. The monoisotopic (exact) mass is 296 g/mol. The molecule has 0 aliphatic heterocycles. The van der Waals surface area contributed by atoms with Crippen LogP contribution < -0.4 is 5.73 Å². The molecule has 0 aromatic rings. The van der Waals surface area contributed by atoms with Crippen molar-refractivity contribution in [2.45, 2.75) is 57.2 Å². The van der Waals surface area contributed by atoms with Crippen LogP contribution in [0.4, 0.5) is 13.2 Å². The van der Waals surface area contributed by atoms with E-state index in [0.29, 0.717) is 19.1 Å². The summed E-state index contributed by atoms with van der Waals surface area (Å²) in [4.78, 5) is 2.27. The van der Waals surface area contributed by atoms with E-state index in [-0.39, 0.29) is 6.61 Å². The van der Waals surface area contributed by atoms with Crippen molar-refractivity contribution < 1.29 is 17.9 Å². The Morgan fingerprint density at radius 1 is 1.05 bits per heavy atom. The maximum absolute atomic E-state index is 12.0. The molecular weight excluding hydrogens is 269 g/mol. The molecule has 1 saturated carbocycles. The van der Waals surface area contributed by atoms with Gasteiger partial charge in [-0.25, -0.2) is 0 Å². The maximum Gasteiger partial charge on any atom is 0.411 e. The molecule has 120 valence electrons. The molecule has 0 aromatic carbocycles. The van der Waals surface area contributed by atoms with Crippen LogP contribution in [0.5, 0.6) is 0 Å². The standard InChI is InChI=1S/C14H27F3N2O/c15-14(16,17)12-20-11-10-19(9-5-8-18)13-6-3-1-2-4-7-13/h13H,1-12,18H2. The van der Waals surface area contributed by atoms with Gasteiger partial charge in [0.1, 0.15) is 6.61 Å². The third kappa shape index (κ3) is 8.07. The van der Waals surface area contributed by atoms with Crippen LogP contribution in [0.3, 0.4) is 0 Å². The summed E-state index contributed by atoms with van der Waals surface area (Å²) in [5.74, 6) is 0. The van der Waals surface area contributed by atoms with Crippen molar-refractivity contribution in [3.05, 3.63) is 0 Å². The van der Waals surface area contributed by atoms with Gasteiger partial charge < -0.3 is 10.5 Å². The lowest BCUT2D eigenvalue weighted by atomic mass is 10.1. The molecule has 2 N–H and O–H groups in total. The number of nitrogens with zero attached hydrogens (tertiary/aromatic N) is 1. The zero-order valence-corrected chi connectivity index (χ0v) is 12.1. The van der Waals surface area contributed by atoms with E-state index in [1.54, 1.807) is 0 Å². The Labute approximate surface area is 119 Å². The number of ether oxygens (including phenoxy) is 1. The molecule has 0 atom stereocenters. The number of nitrogens with two attached hydrogens (primary N) is 1. The third-order valence-electron chi connectivity index (χ3n) is 3.78. The smallest absolute Gasteiger partial charge is 0.371 e. The highest BCUT2D eigenvalue weighted by Crippen LogP contribution is 2.22. The van der Waals surface area contributed by atoms with Crippen LogP contribution in [-0.4, -0.2) is 50.0 Å². The second kappa shape index (κ2) is 9.58. The minimum absolute atomic E-state index is 0.139. The summed E-state index contributed by atoms with van der Waals surface area (Å²) in [6.45, 7) is 1.03. The lowest BCUT2D eigenvalue weighted by Gasteiger charge is -2.31. The van der Waals surface area contributed by atoms with Gasteiger partial charge in [-0.1, -0.05) is 25.7 Å². The predicted molar refractivity (Wildman–Crippen MR) is 73.6 cm³/mol. The minimum atomic E-state index is -4.23. The highest BCUT2D eigenvalue weighted by molar-refractivity contribution is 4.75. The van der Waals surface area contributed by atoms with E-state index in [4.69, 9.17) is 10.5 Å². The zero-order chi connectivity index (χ0) is 14.8. The van der Waals surface area contributed by atoms with Gasteiger partial charge in [-0.2, -0.15) is 13.2 Å². The first-order valence-corrected chi connectivity index (χ1v) is 7.61. The van der Waals surface area contributed by atoms with Gasteiger partial charge in [-0.3, -0.25) is 4.90 Å². The van der Waals surface area contributed by atoms with Crippen LogP contribution in [0.2, 0.25) is 0 Å². The van der Waals surface area contributed by atoms with Crippen molar-refractivity contribution in [3.63, 3.8) is 0 Å². The molecule has 0 heterocycles. The Morgan fingerprint density at radius 2 is 1.70 bits per heavy atom. The zero-order valence-electron chi connectivity index (χ0n) is 12.1. The van der Waals surface area contributed by atoms with Gasteiger partial charge in [-0.15, -0.1) is 0 Å². The molecule has 20 heavy (non-hydrogen) atoms. The summed E-state index contributed by atoms with van der Waals surface area (Å²) in [6.07, 6.45) is 3.91. The molecule has 1 fully saturated rings. The first kappa shape index (κ1) is 17.7. The van der Waals surface area contributed by atoms with E-state index in [1.165, 1.54) is 25.7 Å². The molecule has 0 radical (unpaired) electrons. The summed E-state index contributed by atoms with van der Waals surface area (Å²) < 4.78 is 40.8. The van der Waals surface area contributed by atoms with Crippen LogP contribution in [0, 0.1) is 0 Å². The topological polar surface area (TPSA) is 38.5 Å². The fraction of sp³-hybridized carbons (Fsp3) is 1.00. The van der Waals surface area contributed by atoms with Gasteiger partial charge in [0.25, 0.3) is 0 Å². The Hall–Kier alpha value is -0.330. The van der Waals surface area contributed by atoms with Crippen LogP contribution >= 0.6 is 0 Å². The lowest BCUT2D eigenvalue weighted by molar-refractivity contribution is -0.174. The number of hydrogen-bond acceptors (Lipinski definition) is 3. The molecule has 1 aliphatic rings. The number of hydrogen-bond donors (Lipinski definition) is 1. The molecule has 0 bridgehead atoms. The summed E-state index contributed by atoms with van der Waals surface area (Å²) in [5.41, 5.74) is 5.54. The fourth-order valence-electron chi connectivity index (χ4n) is 2.76. The molecule has 1 rings (SSSR count). The van der Waals surface area contributed by atoms with E-state index >= 15 is 0 Å². The SMILES string of the molecule is NCCCN(CCOCC(F)(F)F)C1CCCCCC1. The first-order valence-electron chi connectivity index (χ1n) is 7.61. The quantitative estimate of drug-likeness (QED) is 0.553. The van der Waals surface area contributed by atoms with Crippen molar-refractivity contribution in [1.82, 2.24) is 4.90 Å². The number of rotatable bonds is 8. The molecule has 0 unspecified atom stereocenters. The van der Waals surface area contributed by atoms with Crippen molar-refractivity contribution >= 4 is 0 Å². The van der Waals surface area contributed by atoms with Crippen LogP contribution in [0.25, 0.3) is 0 Å².